The van der Waals surface area contributed by atoms with Gasteiger partial charge in [0.05, 0.1) is 0 Å². The predicted molar refractivity (Wildman–Crippen MR) is 90.9 cm³/mol. The van der Waals surface area contributed by atoms with E-state index in [1.807, 2.05) is 0 Å². The second kappa shape index (κ2) is 5.47. The van der Waals surface area contributed by atoms with Crippen LogP contribution in [0.4, 0.5) is 5.95 Å². The number of nitrogens with zero attached hydrogens (tertiary/aromatic N) is 5. The van der Waals surface area contributed by atoms with Crippen LogP contribution in [0.1, 0.15) is 5.76 Å². The number of nitrogen functional groups attached to an aromatic ring is 1. The maximum atomic E-state index is 6.04. The molecular weight excluding hydrogens is 351 g/mol. The van der Waals surface area contributed by atoms with Crippen LogP contribution >= 0.6 is 23.2 Å². The molecule has 0 fully saturated rings. The summed E-state index contributed by atoms with van der Waals surface area (Å²) < 4.78 is 6.51. The van der Waals surface area contributed by atoms with Crippen LogP contribution in [0.2, 0.25) is 10.0 Å². The van der Waals surface area contributed by atoms with Crippen molar-refractivity contribution in [3.8, 4) is 22.8 Å². The molecule has 0 saturated heterocycles. The van der Waals surface area contributed by atoms with Gasteiger partial charge in [0.1, 0.15) is 17.1 Å². The summed E-state index contributed by atoms with van der Waals surface area (Å²) in [6.45, 7) is 1.81. The van der Waals surface area contributed by atoms with Crippen molar-refractivity contribution in [2.75, 3.05) is 5.73 Å². The van der Waals surface area contributed by atoms with Crippen molar-refractivity contribution < 1.29 is 4.52 Å². The Labute approximate surface area is 146 Å². The van der Waals surface area contributed by atoms with Crippen molar-refractivity contribution in [1.29, 1.82) is 0 Å². The SMILES string of the molecule is Cc1cc(-c2cc3nc(-c4cc(Cl)cc(Cl)c4)nc(N)n3n2)no1. The fourth-order valence-electron chi connectivity index (χ4n) is 2.33. The molecule has 1 aromatic carbocycles. The van der Waals surface area contributed by atoms with Gasteiger partial charge in [0.2, 0.25) is 5.95 Å². The van der Waals surface area contributed by atoms with E-state index in [4.69, 9.17) is 33.5 Å². The molecule has 0 spiro atoms. The van der Waals surface area contributed by atoms with Crippen molar-refractivity contribution in [3.05, 3.63) is 46.1 Å². The topological polar surface area (TPSA) is 95.1 Å². The summed E-state index contributed by atoms with van der Waals surface area (Å²) >= 11 is 12.1. The van der Waals surface area contributed by atoms with Crippen LogP contribution in [0.5, 0.6) is 0 Å². The van der Waals surface area contributed by atoms with Gasteiger partial charge in [-0.25, -0.2) is 4.98 Å². The highest BCUT2D eigenvalue weighted by Crippen LogP contribution is 2.27. The monoisotopic (exact) mass is 360 g/mol. The van der Waals surface area contributed by atoms with Gasteiger partial charge in [-0.1, -0.05) is 28.4 Å². The number of halogens is 2. The highest BCUT2D eigenvalue weighted by molar-refractivity contribution is 6.35. The summed E-state index contributed by atoms with van der Waals surface area (Å²) in [6, 6.07) is 8.61. The lowest BCUT2D eigenvalue weighted by Gasteiger charge is -2.04. The Balaban J connectivity index is 1.87. The third kappa shape index (κ3) is 2.57. The summed E-state index contributed by atoms with van der Waals surface area (Å²) in [5.41, 5.74) is 8.40. The van der Waals surface area contributed by atoms with Crippen molar-refractivity contribution in [2.45, 2.75) is 6.92 Å². The molecule has 0 amide bonds. The normalized spacial score (nSPS) is 11.3. The zero-order valence-electron chi connectivity index (χ0n) is 12.4. The fourth-order valence-corrected chi connectivity index (χ4v) is 2.86. The van der Waals surface area contributed by atoms with Gasteiger partial charge < -0.3 is 10.3 Å². The quantitative estimate of drug-likeness (QED) is 0.586. The number of anilines is 1. The van der Waals surface area contributed by atoms with Crippen molar-refractivity contribution >= 4 is 34.8 Å². The first kappa shape index (κ1) is 14.9. The molecule has 0 unspecified atom stereocenters. The minimum atomic E-state index is 0.192. The molecule has 0 aliphatic rings. The van der Waals surface area contributed by atoms with E-state index in [1.165, 1.54) is 4.52 Å². The van der Waals surface area contributed by atoms with Crippen molar-refractivity contribution in [2.24, 2.45) is 0 Å². The van der Waals surface area contributed by atoms with Crippen molar-refractivity contribution in [3.63, 3.8) is 0 Å². The third-order valence-electron chi connectivity index (χ3n) is 3.36. The van der Waals surface area contributed by atoms with Gasteiger partial charge in [0, 0.05) is 27.7 Å². The molecule has 7 nitrogen and oxygen atoms in total. The Morgan fingerprint density at radius 2 is 1.75 bits per heavy atom. The lowest BCUT2D eigenvalue weighted by Crippen LogP contribution is -2.05. The molecule has 9 heteroatoms. The number of hydrogen-bond donors (Lipinski definition) is 1. The number of nitrogens with two attached hydrogens (primary N) is 1. The first-order chi connectivity index (χ1) is 11.5. The summed E-state index contributed by atoms with van der Waals surface area (Å²) in [5, 5.41) is 9.28. The van der Waals surface area contributed by atoms with E-state index in [1.54, 1.807) is 37.3 Å². The van der Waals surface area contributed by atoms with Gasteiger partial charge in [0.15, 0.2) is 11.5 Å². The molecule has 120 valence electrons. The van der Waals surface area contributed by atoms with E-state index in [2.05, 4.69) is 20.2 Å². The molecule has 0 bridgehead atoms. The van der Waals surface area contributed by atoms with Gasteiger partial charge in [-0.2, -0.15) is 14.6 Å². The molecular formula is C15H10Cl2N6O. The average Bonchev–Trinajstić information content (AvgIpc) is 3.12. The Bertz CT molecular complexity index is 1050. The zero-order valence-corrected chi connectivity index (χ0v) is 13.9. The molecule has 0 radical (unpaired) electrons. The van der Waals surface area contributed by atoms with Crippen molar-refractivity contribution in [1.82, 2.24) is 24.7 Å². The van der Waals surface area contributed by atoms with E-state index >= 15 is 0 Å². The van der Waals surface area contributed by atoms with E-state index in [0.29, 0.717) is 44.2 Å². The number of rotatable bonds is 2. The Kier molecular flexibility index (Phi) is 3.40. The van der Waals surface area contributed by atoms with Gasteiger partial charge in [-0.15, -0.1) is 0 Å². The van der Waals surface area contributed by atoms with Crippen LogP contribution in [0.15, 0.2) is 34.9 Å². The minimum absolute atomic E-state index is 0.192. The zero-order chi connectivity index (χ0) is 16.8. The second-order valence-electron chi connectivity index (χ2n) is 5.19. The summed E-state index contributed by atoms with van der Waals surface area (Å²) in [7, 11) is 0. The summed E-state index contributed by atoms with van der Waals surface area (Å²) in [6.07, 6.45) is 0. The predicted octanol–water partition coefficient (Wildman–Crippen LogP) is 3.64. The van der Waals surface area contributed by atoms with Crippen LogP contribution in [0, 0.1) is 6.92 Å². The molecule has 4 aromatic rings. The fraction of sp³-hybridized carbons (Fsp3) is 0.0667. The molecule has 2 N–H and O–H groups in total. The molecule has 24 heavy (non-hydrogen) atoms. The Hall–Kier alpha value is -2.64. The third-order valence-corrected chi connectivity index (χ3v) is 3.80. The summed E-state index contributed by atoms with van der Waals surface area (Å²) in [4.78, 5) is 8.75. The lowest BCUT2D eigenvalue weighted by atomic mass is 10.2. The van der Waals surface area contributed by atoms with Crippen LogP contribution < -0.4 is 5.73 Å². The lowest BCUT2D eigenvalue weighted by molar-refractivity contribution is 0.399. The van der Waals surface area contributed by atoms with E-state index in [-0.39, 0.29) is 5.95 Å². The van der Waals surface area contributed by atoms with Gasteiger partial charge >= 0.3 is 0 Å². The second-order valence-corrected chi connectivity index (χ2v) is 6.06. The van der Waals surface area contributed by atoms with Gasteiger partial charge in [-0.3, -0.25) is 0 Å². The van der Waals surface area contributed by atoms with Crippen LogP contribution in [-0.4, -0.2) is 24.7 Å². The molecule has 4 rings (SSSR count). The van der Waals surface area contributed by atoms with E-state index < -0.39 is 0 Å². The van der Waals surface area contributed by atoms with Gasteiger partial charge in [0.25, 0.3) is 0 Å². The average molecular weight is 361 g/mol. The maximum Gasteiger partial charge on any atom is 0.225 e. The van der Waals surface area contributed by atoms with Crippen LogP contribution in [0.3, 0.4) is 0 Å². The largest absolute Gasteiger partial charge is 0.368 e. The summed E-state index contributed by atoms with van der Waals surface area (Å²) in [5.74, 6) is 1.29. The Morgan fingerprint density at radius 3 is 2.42 bits per heavy atom. The number of hydrogen-bond acceptors (Lipinski definition) is 6. The maximum absolute atomic E-state index is 6.04. The minimum Gasteiger partial charge on any atom is -0.368 e. The Morgan fingerprint density at radius 1 is 1.00 bits per heavy atom. The number of aryl methyl sites for hydroxylation is 1. The first-order valence-corrected chi connectivity index (χ1v) is 7.68. The molecule has 3 aromatic heterocycles. The number of benzene rings is 1. The van der Waals surface area contributed by atoms with Gasteiger partial charge in [-0.05, 0) is 25.1 Å². The number of aromatic nitrogens is 5. The first-order valence-electron chi connectivity index (χ1n) is 6.93. The standard InChI is InChI=1S/C15H10Cl2N6O/c1-7-2-12(22-24-7)11-6-13-19-14(20-15(18)23(13)21-11)8-3-9(16)5-10(17)4-8/h2-6H,1H3,(H2,18,19,20). The molecule has 3 heterocycles. The highest BCUT2D eigenvalue weighted by Gasteiger charge is 2.14. The highest BCUT2D eigenvalue weighted by atomic mass is 35.5. The molecule has 0 atom stereocenters. The smallest absolute Gasteiger partial charge is 0.225 e. The molecule has 0 saturated carbocycles. The van der Waals surface area contributed by atoms with E-state index in [9.17, 15) is 0 Å². The molecule has 0 aliphatic carbocycles. The number of fused-ring (bicyclic) bond motifs is 1. The van der Waals surface area contributed by atoms with Crippen LogP contribution in [0.25, 0.3) is 28.4 Å². The molecule has 0 aliphatic heterocycles. The van der Waals surface area contributed by atoms with Crippen LogP contribution in [-0.2, 0) is 0 Å². The van der Waals surface area contributed by atoms with E-state index in [0.717, 1.165) is 0 Å².